The molecule has 11 heteroatoms. The van der Waals surface area contributed by atoms with Crippen LogP contribution in [0.1, 0.15) is 50.7 Å². The van der Waals surface area contributed by atoms with Crippen LogP contribution >= 0.6 is 0 Å². The van der Waals surface area contributed by atoms with E-state index in [0.717, 1.165) is 83.1 Å². The van der Waals surface area contributed by atoms with Crippen LogP contribution in [0.25, 0.3) is 77.3 Å². The van der Waals surface area contributed by atoms with E-state index in [1.54, 1.807) is 0 Å². The van der Waals surface area contributed by atoms with Crippen LogP contribution in [0.5, 0.6) is 11.5 Å². The molecule has 13 rings (SSSR count). The van der Waals surface area contributed by atoms with Crippen molar-refractivity contribution in [3.05, 3.63) is 232 Å². The number of ether oxygens (including phenoxy) is 1. The Balaban J connectivity index is 0.000000403. The molecule has 75 heavy (non-hydrogen) atoms. The van der Waals surface area contributed by atoms with Crippen LogP contribution in [0, 0.1) is 37.6 Å². The SMILES string of the molecule is CC(C)c1cccc(C(C)C)c1-c1cnc2c3[c-]c(Oc4[c-]c5c(cc4)c4ccccc4n5-c4cc(-c5cc[c-]c(N6C=CN(C)[CH-]6)c5)ccn4)ccc3c3ccccc3n12.CN1C=CN(c2[c-]cccc2)[CH-]1.[Ir].[Pt+2]. The number of hydrogen-bond donors (Lipinski definition) is 0. The third-order valence-corrected chi connectivity index (χ3v) is 13.6. The van der Waals surface area contributed by atoms with E-state index in [1.165, 1.54) is 16.7 Å². The summed E-state index contributed by atoms with van der Waals surface area (Å²) in [5.41, 5.74) is 13.0. The average Bonchev–Trinajstić information content (AvgIpc) is 4.24. The monoisotopic (exact) mass is 1340 g/mol. The fraction of sp³-hybridized carbons (Fsp3) is 0.125. The first-order chi connectivity index (χ1) is 35.7. The predicted octanol–water partition coefficient (Wildman–Crippen LogP) is 15.1. The molecule has 0 saturated heterocycles. The molecule has 4 aromatic heterocycles. The molecule has 1 radical (unpaired) electrons. The van der Waals surface area contributed by atoms with Crippen molar-refractivity contribution in [2.75, 3.05) is 23.9 Å². The summed E-state index contributed by atoms with van der Waals surface area (Å²) in [4.78, 5) is 18.2. The summed E-state index contributed by atoms with van der Waals surface area (Å²) in [6, 6.07) is 64.1. The average molecular weight is 1340 g/mol. The molecule has 0 spiro atoms. The van der Waals surface area contributed by atoms with Gasteiger partial charge in [0.2, 0.25) is 0 Å². The normalized spacial score (nSPS) is 13.2. The molecule has 0 aliphatic carbocycles. The second-order valence-corrected chi connectivity index (χ2v) is 19.2. The van der Waals surface area contributed by atoms with Gasteiger partial charge < -0.3 is 33.3 Å². The molecule has 2 aliphatic heterocycles. The van der Waals surface area contributed by atoms with Gasteiger partial charge in [0, 0.05) is 60.6 Å². The number of fused-ring (bicyclic) bond motifs is 9. The minimum Gasteiger partial charge on any atom is -0.510 e. The van der Waals surface area contributed by atoms with Crippen molar-refractivity contribution in [3.8, 4) is 39.7 Å². The zero-order valence-electron chi connectivity index (χ0n) is 42.3. The van der Waals surface area contributed by atoms with Crippen molar-refractivity contribution < 1.29 is 45.9 Å². The number of nitrogens with zero attached hydrogens (tertiary/aromatic N) is 8. The van der Waals surface area contributed by atoms with E-state index in [0.29, 0.717) is 23.3 Å². The van der Waals surface area contributed by atoms with E-state index < -0.39 is 0 Å². The Hall–Kier alpha value is -7.48. The number of aromatic nitrogens is 4. The molecule has 0 fully saturated rings. The van der Waals surface area contributed by atoms with Gasteiger partial charge in [0.05, 0.1) is 11.3 Å². The van der Waals surface area contributed by atoms with Crippen molar-refractivity contribution in [2.24, 2.45) is 0 Å². The van der Waals surface area contributed by atoms with Gasteiger partial charge in [-0.3, -0.25) is 4.98 Å². The van der Waals surface area contributed by atoms with E-state index >= 15 is 0 Å². The van der Waals surface area contributed by atoms with Gasteiger partial charge in [-0.25, -0.2) is 4.98 Å². The van der Waals surface area contributed by atoms with Gasteiger partial charge in [-0.05, 0) is 102 Å². The maximum Gasteiger partial charge on any atom is 2.00 e. The number of imidazole rings is 1. The van der Waals surface area contributed by atoms with E-state index in [-0.39, 0.29) is 41.2 Å². The van der Waals surface area contributed by atoms with Crippen molar-refractivity contribution in [3.63, 3.8) is 0 Å². The number of benzene rings is 7. The Morgan fingerprint density at radius 2 is 1.19 bits per heavy atom. The molecule has 0 N–H and O–H groups in total. The van der Waals surface area contributed by atoms with Crippen molar-refractivity contribution in [1.29, 1.82) is 0 Å². The van der Waals surface area contributed by atoms with Crippen LogP contribution in [-0.4, -0.2) is 42.8 Å². The zero-order chi connectivity index (χ0) is 49.7. The Morgan fingerprint density at radius 3 is 1.87 bits per heavy atom. The fourth-order valence-electron chi connectivity index (χ4n) is 10.1. The molecule has 0 bridgehead atoms. The quantitative estimate of drug-likeness (QED) is 0.105. The Bertz CT molecular complexity index is 3910. The molecule has 7 aromatic carbocycles. The molecular weight excluding hydrogens is 1280 g/mol. The summed E-state index contributed by atoms with van der Waals surface area (Å²) >= 11 is 0. The molecule has 0 saturated carbocycles. The smallest absolute Gasteiger partial charge is 0.510 e. The van der Waals surface area contributed by atoms with Crippen molar-refractivity contribution in [2.45, 2.75) is 39.5 Å². The maximum absolute atomic E-state index is 6.70. The van der Waals surface area contributed by atoms with E-state index in [2.05, 4.69) is 169 Å². The third-order valence-electron chi connectivity index (χ3n) is 13.6. The van der Waals surface area contributed by atoms with Gasteiger partial charge in [-0.15, -0.1) is 52.7 Å². The molecule has 2 aliphatic rings. The molecule has 0 amide bonds. The first kappa shape index (κ1) is 51.0. The summed E-state index contributed by atoms with van der Waals surface area (Å²) in [6.07, 6.45) is 12.0. The number of anilines is 2. The molecule has 11 aromatic rings. The van der Waals surface area contributed by atoms with Crippen LogP contribution in [0.15, 0.2) is 183 Å². The summed E-state index contributed by atoms with van der Waals surface area (Å²) in [6.45, 7) is 13.1. The van der Waals surface area contributed by atoms with Gasteiger partial charge >= 0.3 is 21.1 Å². The van der Waals surface area contributed by atoms with Gasteiger partial charge in [0.15, 0.2) is 0 Å². The van der Waals surface area contributed by atoms with Gasteiger partial charge in [0.1, 0.15) is 5.82 Å². The molecule has 377 valence electrons. The number of para-hydroxylation sites is 3. The molecule has 6 heterocycles. The van der Waals surface area contributed by atoms with Gasteiger partial charge in [-0.2, -0.15) is 67.9 Å². The molecule has 0 unspecified atom stereocenters. The van der Waals surface area contributed by atoms with Crippen molar-refractivity contribution >= 4 is 60.5 Å². The largest absolute Gasteiger partial charge is 2.00 e. The Morgan fingerprint density at radius 1 is 0.560 bits per heavy atom. The second-order valence-electron chi connectivity index (χ2n) is 19.2. The first-order valence-electron chi connectivity index (χ1n) is 24.7. The number of rotatable bonds is 9. The molecule has 0 atom stereocenters. The van der Waals surface area contributed by atoms with Crippen LogP contribution in [0.4, 0.5) is 11.4 Å². The number of pyridine rings is 2. The summed E-state index contributed by atoms with van der Waals surface area (Å²) < 4.78 is 11.2. The summed E-state index contributed by atoms with van der Waals surface area (Å²) in [7, 11) is 4.01. The minimum absolute atomic E-state index is 0. The van der Waals surface area contributed by atoms with Crippen LogP contribution in [0.3, 0.4) is 0 Å². The van der Waals surface area contributed by atoms with E-state index in [4.69, 9.17) is 14.7 Å². The fourth-order valence-corrected chi connectivity index (χ4v) is 10.1. The van der Waals surface area contributed by atoms with Crippen molar-refractivity contribution in [1.82, 2.24) is 28.7 Å². The topological polar surface area (TPSA) is 57.3 Å². The zero-order valence-corrected chi connectivity index (χ0v) is 46.9. The molecule has 9 nitrogen and oxygen atoms in total. The van der Waals surface area contributed by atoms with E-state index in [1.807, 2.05) is 122 Å². The van der Waals surface area contributed by atoms with Crippen LogP contribution in [0.2, 0.25) is 0 Å². The number of hydrogen-bond acceptors (Lipinski definition) is 7. The van der Waals surface area contributed by atoms with E-state index in [9.17, 15) is 0 Å². The van der Waals surface area contributed by atoms with Gasteiger partial charge in [0.25, 0.3) is 0 Å². The Kier molecular flexibility index (Phi) is 14.6. The summed E-state index contributed by atoms with van der Waals surface area (Å²) in [5.74, 6) is 2.66. The van der Waals surface area contributed by atoms with Crippen LogP contribution in [-0.2, 0) is 41.2 Å². The summed E-state index contributed by atoms with van der Waals surface area (Å²) in [5, 5.41) is 5.29. The third kappa shape index (κ3) is 9.64. The Labute approximate surface area is 466 Å². The predicted molar refractivity (Wildman–Crippen MR) is 297 cm³/mol. The second kappa shape index (κ2) is 21.4. The maximum atomic E-state index is 6.70. The van der Waals surface area contributed by atoms with Crippen LogP contribution < -0.4 is 14.5 Å². The first-order valence-corrected chi connectivity index (χ1v) is 24.7. The van der Waals surface area contributed by atoms with Gasteiger partial charge in [-0.1, -0.05) is 105 Å². The minimum atomic E-state index is 0. The standard InChI is InChI=1S/C54H42N6O.C10H10N2.Ir.Pt/c1-34(2)41-16-11-17-42(35(3)4)53(41)51-32-56-54-47-30-39(20-22-43(47)44-14-6-9-19-49(44)60(51)54)61-40-21-23-46-45-15-7-8-18-48(45)59(50(46)31-40)52-29-37(24-25-55-52)36-12-10-13-38(28-36)58-27-26-57(5)33-58;1-11-7-8-12(9-11)10-5-3-2-4-6-10;;/h6-12,14-29,32-35H,1-5H3;2-5,7-9H,1H3;;/q-4;-2;;+2. The molecular formula is C64H52IrN8OPt-4.